The van der Waals surface area contributed by atoms with Crippen LogP contribution in [0, 0.1) is 0 Å². The van der Waals surface area contributed by atoms with Gasteiger partial charge in [0.25, 0.3) is 5.91 Å². The fraction of sp³-hybridized carbons (Fsp3) is 0.444. The van der Waals surface area contributed by atoms with E-state index in [9.17, 15) is 19.2 Å². The van der Waals surface area contributed by atoms with Crippen LogP contribution in [-0.4, -0.2) is 66.3 Å². The summed E-state index contributed by atoms with van der Waals surface area (Å²) in [6, 6.07) is 6.28. The lowest BCUT2D eigenvalue weighted by atomic mass is 10.1. The van der Waals surface area contributed by atoms with Gasteiger partial charge in [-0.3, -0.25) is 19.7 Å². The number of ether oxygens (including phenoxy) is 1. The predicted molar refractivity (Wildman–Crippen MR) is 94.7 cm³/mol. The summed E-state index contributed by atoms with van der Waals surface area (Å²) in [5.74, 6) is 0.0274. The van der Waals surface area contributed by atoms with E-state index in [1.165, 1.54) is 4.90 Å². The molecular formula is C18H22N4O5. The first-order valence-corrected chi connectivity index (χ1v) is 8.76. The Hall–Kier alpha value is -3.10. The van der Waals surface area contributed by atoms with E-state index >= 15 is 0 Å². The van der Waals surface area contributed by atoms with Crippen LogP contribution in [0.25, 0.3) is 0 Å². The minimum absolute atomic E-state index is 0.0260. The van der Waals surface area contributed by atoms with Crippen LogP contribution in [0.5, 0.6) is 5.75 Å². The van der Waals surface area contributed by atoms with Gasteiger partial charge in [0, 0.05) is 26.1 Å². The largest absolute Gasteiger partial charge is 0.497 e. The fourth-order valence-corrected chi connectivity index (χ4v) is 3.13. The van der Waals surface area contributed by atoms with E-state index in [1.54, 1.807) is 12.0 Å². The van der Waals surface area contributed by atoms with Gasteiger partial charge in [-0.05, 0) is 24.1 Å². The van der Waals surface area contributed by atoms with Crippen LogP contribution in [0.2, 0.25) is 0 Å². The molecule has 2 N–H and O–H groups in total. The highest BCUT2D eigenvalue weighted by Gasteiger charge is 2.31. The molecule has 0 aliphatic carbocycles. The maximum absolute atomic E-state index is 12.4. The third-order valence-electron chi connectivity index (χ3n) is 4.71. The van der Waals surface area contributed by atoms with Crippen molar-refractivity contribution in [2.45, 2.75) is 25.4 Å². The van der Waals surface area contributed by atoms with Crippen LogP contribution in [0.3, 0.4) is 0 Å². The molecular weight excluding hydrogens is 352 g/mol. The van der Waals surface area contributed by atoms with Gasteiger partial charge < -0.3 is 19.9 Å². The van der Waals surface area contributed by atoms with Crippen molar-refractivity contribution in [3.8, 4) is 5.75 Å². The van der Waals surface area contributed by atoms with Crippen molar-refractivity contribution in [2.75, 3.05) is 26.7 Å². The van der Waals surface area contributed by atoms with Crippen molar-refractivity contribution < 1.29 is 23.9 Å². The summed E-state index contributed by atoms with van der Waals surface area (Å²) in [7, 11) is 1.60. The standard InChI is InChI=1S/C18H22N4O5/c1-27-13-4-2-12(3-5-13)10-21-8-9-22(11-16(21)24)15(23)7-6-14-17(25)20-18(26)19-14/h2-5,14H,6-11H2,1H3,(H2,19,20,25,26). The molecule has 2 aliphatic rings. The zero-order valence-corrected chi connectivity index (χ0v) is 15.1. The first-order chi connectivity index (χ1) is 13.0. The van der Waals surface area contributed by atoms with Gasteiger partial charge in [0.05, 0.1) is 13.7 Å². The lowest BCUT2D eigenvalue weighted by Gasteiger charge is -2.34. The molecule has 1 unspecified atom stereocenters. The number of imide groups is 1. The number of rotatable bonds is 6. The van der Waals surface area contributed by atoms with Gasteiger partial charge in [-0.25, -0.2) is 4.79 Å². The molecule has 9 nitrogen and oxygen atoms in total. The maximum Gasteiger partial charge on any atom is 0.322 e. The van der Waals surface area contributed by atoms with Crippen molar-refractivity contribution in [1.29, 1.82) is 0 Å². The number of carbonyl (C=O) groups excluding carboxylic acids is 4. The second-order valence-electron chi connectivity index (χ2n) is 6.53. The molecule has 0 saturated carbocycles. The molecule has 5 amide bonds. The molecule has 1 atom stereocenters. The maximum atomic E-state index is 12.4. The molecule has 0 aromatic heterocycles. The highest BCUT2D eigenvalue weighted by atomic mass is 16.5. The van der Waals surface area contributed by atoms with Gasteiger partial charge in [-0.2, -0.15) is 0 Å². The molecule has 9 heteroatoms. The number of carbonyl (C=O) groups is 4. The van der Waals surface area contributed by atoms with Gasteiger partial charge in [0.1, 0.15) is 11.8 Å². The van der Waals surface area contributed by atoms with Crippen molar-refractivity contribution in [3.63, 3.8) is 0 Å². The molecule has 2 heterocycles. The van der Waals surface area contributed by atoms with Gasteiger partial charge in [-0.15, -0.1) is 0 Å². The van der Waals surface area contributed by atoms with Crippen molar-refractivity contribution >= 4 is 23.8 Å². The summed E-state index contributed by atoms with van der Waals surface area (Å²) in [5, 5.41) is 4.59. The van der Waals surface area contributed by atoms with Crippen molar-refractivity contribution in [1.82, 2.24) is 20.4 Å². The number of amides is 5. The van der Waals surface area contributed by atoms with Gasteiger partial charge in [0.15, 0.2) is 0 Å². The number of nitrogens with one attached hydrogen (secondary N) is 2. The summed E-state index contributed by atoms with van der Waals surface area (Å²) in [6.07, 6.45) is 0.320. The highest BCUT2D eigenvalue weighted by Crippen LogP contribution is 2.15. The minimum atomic E-state index is -0.687. The topological polar surface area (TPSA) is 108 Å². The summed E-state index contributed by atoms with van der Waals surface area (Å²) in [5.41, 5.74) is 0.993. The van der Waals surface area contributed by atoms with Gasteiger partial charge in [-0.1, -0.05) is 12.1 Å². The van der Waals surface area contributed by atoms with E-state index in [4.69, 9.17) is 4.74 Å². The van der Waals surface area contributed by atoms with Crippen LogP contribution >= 0.6 is 0 Å². The third kappa shape index (κ3) is 4.55. The minimum Gasteiger partial charge on any atom is -0.497 e. The predicted octanol–water partition coefficient (Wildman–Crippen LogP) is -0.146. The molecule has 1 aromatic carbocycles. The number of hydrogen-bond donors (Lipinski definition) is 2. The number of nitrogens with zero attached hydrogens (tertiary/aromatic N) is 2. The van der Waals surface area contributed by atoms with E-state index in [-0.39, 0.29) is 31.2 Å². The van der Waals surface area contributed by atoms with E-state index in [0.29, 0.717) is 19.6 Å². The van der Waals surface area contributed by atoms with E-state index in [1.807, 2.05) is 24.3 Å². The second kappa shape index (κ2) is 8.07. The summed E-state index contributed by atoms with van der Waals surface area (Å²) in [4.78, 5) is 50.5. The molecule has 1 aromatic rings. The second-order valence-corrected chi connectivity index (χ2v) is 6.53. The Morgan fingerprint density at radius 2 is 1.93 bits per heavy atom. The summed E-state index contributed by atoms with van der Waals surface area (Å²) in [6.45, 7) is 1.42. The van der Waals surface area contributed by atoms with Crippen LogP contribution in [0.15, 0.2) is 24.3 Å². The van der Waals surface area contributed by atoms with Crippen LogP contribution < -0.4 is 15.4 Å². The zero-order chi connectivity index (χ0) is 19.4. The monoisotopic (exact) mass is 374 g/mol. The summed E-state index contributed by atoms with van der Waals surface area (Å²) >= 11 is 0. The molecule has 2 fully saturated rings. The van der Waals surface area contributed by atoms with Crippen LogP contribution in [0.4, 0.5) is 4.79 Å². The Morgan fingerprint density at radius 3 is 2.52 bits per heavy atom. The smallest absolute Gasteiger partial charge is 0.322 e. The van der Waals surface area contributed by atoms with E-state index in [0.717, 1.165) is 11.3 Å². The van der Waals surface area contributed by atoms with Gasteiger partial charge in [0.2, 0.25) is 11.8 Å². The Morgan fingerprint density at radius 1 is 1.19 bits per heavy atom. The Labute approximate surface area is 156 Å². The number of piperazine rings is 1. The average Bonchev–Trinajstić information content (AvgIpc) is 2.99. The SMILES string of the molecule is COc1ccc(CN2CCN(C(=O)CCC3NC(=O)NC3=O)CC2=O)cc1. The molecule has 0 spiro atoms. The molecule has 0 radical (unpaired) electrons. The van der Waals surface area contributed by atoms with Crippen LogP contribution in [-0.2, 0) is 20.9 Å². The third-order valence-corrected chi connectivity index (χ3v) is 4.71. The van der Waals surface area contributed by atoms with Crippen molar-refractivity contribution in [3.05, 3.63) is 29.8 Å². The van der Waals surface area contributed by atoms with Crippen molar-refractivity contribution in [2.24, 2.45) is 0 Å². The Balaban J connectivity index is 1.47. The molecule has 27 heavy (non-hydrogen) atoms. The number of urea groups is 1. The quantitative estimate of drug-likeness (QED) is 0.674. The summed E-state index contributed by atoms with van der Waals surface area (Å²) < 4.78 is 5.12. The number of benzene rings is 1. The number of hydrogen-bond acceptors (Lipinski definition) is 5. The average molecular weight is 374 g/mol. The fourth-order valence-electron chi connectivity index (χ4n) is 3.13. The number of methoxy groups -OCH3 is 1. The lowest BCUT2D eigenvalue weighted by Crippen LogP contribution is -2.52. The highest BCUT2D eigenvalue weighted by molar-refractivity contribution is 6.04. The molecule has 0 bridgehead atoms. The van der Waals surface area contributed by atoms with Gasteiger partial charge >= 0.3 is 6.03 Å². The van der Waals surface area contributed by atoms with E-state index < -0.39 is 18.0 Å². The first-order valence-electron chi connectivity index (χ1n) is 8.76. The Kier molecular flexibility index (Phi) is 5.58. The Bertz CT molecular complexity index is 749. The molecule has 2 aliphatic heterocycles. The molecule has 2 saturated heterocycles. The zero-order valence-electron chi connectivity index (χ0n) is 15.1. The van der Waals surface area contributed by atoms with Crippen LogP contribution in [0.1, 0.15) is 18.4 Å². The van der Waals surface area contributed by atoms with E-state index in [2.05, 4.69) is 10.6 Å². The lowest BCUT2D eigenvalue weighted by molar-refractivity contribution is -0.145. The molecule has 3 rings (SSSR count). The normalized spacial score (nSPS) is 19.7. The first kappa shape index (κ1) is 18.7. The molecule has 144 valence electrons.